The maximum atomic E-state index is 13.8. The van der Waals surface area contributed by atoms with E-state index in [4.69, 9.17) is 0 Å². The van der Waals surface area contributed by atoms with E-state index in [1.165, 1.54) is 19.1 Å². The molecule has 0 fully saturated rings. The average Bonchev–Trinajstić information content (AvgIpc) is 2.99. The van der Waals surface area contributed by atoms with Gasteiger partial charge in [-0.1, -0.05) is 54.1 Å². The summed E-state index contributed by atoms with van der Waals surface area (Å²) < 4.78 is 0. The molecule has 0 radical (unpaired) electrons. The van der Waals surface area contributed by atoms with Gasteiger partial charge in [0.15, 0.2) is 5.78 Å². The van der Waals surface area contributed by atoms with Gasteiger partial charge in [0.25, 0.3) is 5.69 Å². The molecule has 3 aromatic rings. The molecule has 0 unspecified atom stereocenters. The predicted molar refractivity (Wildman–Crippen MR) is 134 cm³/mol. The molecule has 7 nitrogen and oxygen atoms in total. The lowest BCUT2D eigenvalue weighted by atomic mass is 9.78. The number of hydrogen-bond acceptors (Lipinski definition) is 5. The number of anilines is 2. The molecule has 0 bridgehead atoms. The number of carbonyl (C=O) groups is 2. The number of allylic oxidation sites excluding steroid dienone is 1. The zero-order valence-corrected chi connectivity index (χ0v) is 19.5. The number of nitrogens with one attached hydrogen (secondary N) is 1. The van der Waals surface area contributed by atoms with E-state index in [1.54, 1.807) is 17.0 Å². The van der Waals surface area contributed by atoms with Gasteiger partial charge in [-0.25, -0.2) is 0 Å². The Labute approximate surface area is 203 Å². The first kappa shape index (κ1) is 22.5. The van der Waals surface area contributed by atoms with E-state index in [2.05, 4.69) is 17.4 Å². The average molecular weight is 468 g/mol. The molecule has 7 heteroatoms. The number of nitro benzene ring substituents is 1. The molecule has 2 aliphatic rings. The third kappa shape index (κ3) is 4.10. The molecule has 1 aliphatic carbocycles. The van der Waals surface area contributed by atoms with Crippen LogP contribution < -0.4 is 10.2 Å². The van der Waals surface area contributed by atoms with Crippen LogP contribution in [0.2, 0.25) is 0 Å². The van der Waals surface area contributed by atoms with Crippen LogP contribution in [0.1, 0.15) is 48.4 Å². The topological polar surface area (TPSA) is 92.6 Å². The minimum Gasteiger partial charge on any atom is -0.357 e. The summed E-state index contributed by atoms with van der Waals surface area (Å²) in [7, 11) is 0. The van der Waals surface area contributed by atoms with E-state index >= 15 is 0 Å². The largest absolute Gasteiger partial charge is 0.357 e. The first-order chi connectivity index (χ1) is 16.8. The fourth-order valence-electron chi connectivity index (χ4n) is 5.14. The summed E-state index contributed by atoms with van der Waals surface area (Å²) >= 11 is 0. The van der Waals surface area contributed by atoms with Crippen molar-refractivity contribution in [1.82, 2.24) is 0 Å². The number of aryl methyl sites for hydroxylation is 1. The second kappa shape index (κ2) is 8.83. The maximum Gasteiger partial charge on any atom is 0.269 e. The number of benzene rings is 3. The van der Waals surface area contributed by atoms with Crippen molar-refractivity contribution in [1.29, 1.82) is 0 Å². The Bertz CT molecular complexity index is 1380. The molecule has 1 N–H and O–H groups in total. The molecule has 2 atom stereocenters. The molecular formula is C28H25N3O4. The second-order valence-corrected chi connectivity index (χ2v) is 9.12. The Kier molecular flexibility index (Phi) is 5.68. The van der Waals surface area contributed by atoms with Gasteiger partial charge >= 0.3 is 0 Å². The third-order valence-electron chi connectivity index (χ3n) is 6.77. The fourth-order valence-corrected chi connectivity index (χ4v) is 5.14. The lowest BCUT2D eigenvalue weighted by Crippen LogP contribution is -2.37. The zero-order chi connectivity index (χ0) is 24.7. The minimum absolute atomic E-state index is 0.00357. The first-order valence-electron chi connectivity index (χ1n) is 11.6. The number of fused-ring (bicyclic) bond motifs is 1. The number of nitrogens with zero attached hydrogens (tertiary/aromatic N) is 2. The van der Waals surface area contributed by atoms with Crippen molar-refractivity contribution in [3.05, 3.63) is 111 Å². The van der Waals surface area contributed by atoms with Gasteiger partial charge in [-0.2, -0.15) is 0 Å². The monoisotopic (exact) mass is 467 g/mol. The van der Waals surface area contributed by atoms with Crippen molar-refractivity contribution in [3.8, 4) is 0 Å². The van der Waals surface area contributed by atoms with E-state index in [9.17, 15) is 19.7 Å². The van der Waals surface area contributed by atoms with Gasteiger partial charge in [0, 0.05) is 36.7 Å². The molecule has 1 amide bonds. The van der Waals surface area contributed by atoms with Gasteiger partial charge in [0.05, 0.1) is 22.3 Å². The van der Waals surface area contributed by atoms with Crippen molar-refractivity contribution in [2.45, 2.75) is 38.6 Å². The lowest BCUT2D eigenvalue weighted by molar-refractivity contribution is -0.384. The molecular weight excluding hydrogens is 442 g/mol. The Morgan fingerprint density at radius 2 is 1.74 bits per heavy atom. The smallest absolute Gasteiger partial charge is 0.269 e. The number of ketones is 1. The molecule has 0 saturated heterocycles. The van der Waals surface area contributed by atoms with Crippen LogP contribution in [0.4, 0.5) is 17.1 Å². The van der Waals surface area contributed by atoms with Gasteiger partial charge in [0.2, 0.25) is 5.91 Å². The van der Waals surface area contributed by atoms with Crippen LogP contribution >= 0.6 is 0 Å². The summed E-state index contributed by atoms with van der Waals surface area (Å²) in [6.07, 6.45) is 0.896. The summed E-state index contributed by atoms with van der Waals surface area (Å²) in [5.41, 5.74) is 5.28. The standard InChI is InChI=1S/C28H25N3O4/c1-17-10-12-19(13-11-17)21-15-24-27(26(33)16-21)28(20-6-5-7-22(14-20)31(34)35)30(18(2)32)25-9-4-3-8-23(25)29-24/h3-14,21,28-29H,15-16H2,1-2H3/t21-,28-/m0/s1. The van der Waals surface area contributed by atoms with Crippen LogP contribution in [0.5, 0.6) is 0 Å². The van der Waals surface area contributed by atoms with Crippen molar-refractivity contribution in [2.75, 3.05) is 10.2 Å². The zero-order valence-electron chi connectivity index (χ0n) is 19.5. The number of carbonyl (C=O) groups excluding carboxylic acids is 2. The number of Topliss-reactive ketones (excluding diaryl/α,β-unsaturated/α-hetero) is 1. The van der Waals surface area contributed by atoms with Gasteiger partial charge in [-0.05, 0) is 42.5 Å². The lowest BCUT2D eigenvalue weighted by Gasteiger charge is -2.34. The number of hydrogen-bond donors (Lipinski definition) is 1. The van der Waals surface area contributed by atoms with Crippen LogP contribution in [-0.2, 0) is 9.59 Å². The third-order valence-corrected chi connectivity index (χ3v) is 6.77. The number of rotatable bonds is 3. The molecule has 0 saturated carbocycles. The predicted octanol–water partition coefficient (Wildman–Crippen LogP) is 5.82. The Hall–Kier alpha value is -4.26. The Morgan fingerprint density at radius 1 is 1.00 bits per heavy atom. The van der Waals surface area contributed by atoms with Crippen LogP contribution in [0.15, 0.2) is 84.1 Å². The highest BCUT2D eigenvalue weighted by Crippen LogP contribution is 2.47. The molecule has 176 valence electrons. The van der Waals surface area contributed by atoms with Gasteiger partial charge in [-0.3, -0.25) is 24.6 Å². The minimum atomic E-state index is -0.773. The van der Waals surface area contributed by atoms with Crippen LogP contribution in [0.25, 0.3) is 0 Å². The molecule has 0 spiro atoms. The normalized spacial score (nSPS) is 19.4. The second-order valence-electron chi connectivity index (χ2n) is 9.12. The molecule has 0 aromatic heterocycles. The highest BCUT2D eigenvalue weighted by molar-refractivity contribution is 6.06. The molecule has 1 heterocycles. The van der Waals surface area contributed by atoms with Crippen molar-refractivity contribution < 1.29 is 14.5 Å². The summed E-state index contributed by atoms with van der Waals surface area (Å²) in [4.78, 5) is 39.5. The molecule has 5 rings (SSSR count). The number of nitro groups is 1. The quantitative estimate of drug-likeness (QED) is 0.387. The summed E-state index contributed by atoms with van der Waals surface area (Å²) in [5.74, 6) is -0.325. The molecule has 35 heavy (non-hydrogen) atoms. The van der Waals surface area contributed by atoms with Crippen LogP contribution in [0, 0.1) is 17.0 Å². The number of para-hydroxylation sites is 2. The maximum absolute atomic E-state index is 13.8. The summed E-state index contributed by atoms with van der Waals surface area (Å²) in [6, 6.07) is 21.1. The summed E-state index contributed by atoms with van der Waals surface area (Å²) in [5, 5.41) is 15.0. The highest BCUT2D eigenvalue weighted by atomic mass is 16.6. The van der Waals surface area contributed by atoms with Gasteiger partial charge in [-0.15, -0.1) is 0 Å². The highest BCUT2D eigenvalue weighted by Gasteiger charge is 2.41. The summed E-state index contributed by atoms with van der Waals surface area (Å²) in [6.45, 7) is 3.48. The van der Waals surface area contributed by atoms with E-state index < -0.39 is 11.0 Å². The molecule has 3 aromatic carbocycles. The van der Waals surface area contributed by atoms with Gasteiger partial charge in [0.1, 0.15) is 0 Å². The van der Waals surface area contributed by atoms with E-state index in [0.29, 0.717) is 29.7 Å². The Morgan fingerprint density at radius 3 is 2.46 bits per heavy atom. The first-order valence-corrected chi connectivity index (χ1v) is 11.6. The SMILES string of the molecule is CC(=O)N1c2ccccc2NC2=C(C(=O)C[C@@H](c3ccc(C)cc3)C2)[C@@H]1c1cccc([N+](=O)[O-])c1. The van der Waals surface area contributed by atoms with Gasteiger partial charge < -0.3 is 5.32 Å². The van der Waals surface area contributed by atoms with Crippen molar-refractivity contribution in [2.24, 2.45) is 0 Å². The molecule has 1 aliphatic heterocycles. The van der Waals surface area contributed by atoms with Crippen molar-refractivity contribution in [3.63, 3.8) is 0 Å². The van der Waals surface area contributed by atoms with Crippen LogP contribution in [0.3, 0.4) is 0 Å². The number of non-ortho nitro benzene ring substituents is 1. The van der Waals surface area contributed by atoms with E-state index in [0.717, 1.165) is 22.5 Å². The fraction of sp³-hybridized carbons (Fsp3) is 0.214. The number of amides is 1. The Balaban J connectivity index is 1.71. The van der Waals surface area contributed by atoms with Crippen LogP contribution in [-0.4, -0.2) is 16.6 Å². The van der Waals surface area contributed by atoms with Crippen molar-refractivity contribution >= 4 is 28.8 Å². The van der Waals surface area contributed by atoms with E-state index in [1.807, 2.05) is 43.3 Å². The van der Waals surface area contributed by atoms with E-state index in [-0.39, 0.29) is 23.3 Å².